The number of benzene rings is 2. The van der Waals surface area contributed by atoms with Crippen LogP contribution in [0, 0.1) is 6.92 Å². The van der Waals surface area contributed by atoms with E-state index in [9.17, 15) is 24.6 Å². The average molecular weight is 523 g/mol. The molecule has 198 valence electrons. The van der Waals surface area contributed by atoms with Gasteiger partial charge in [0.15, 0.2) is 18.9 Å². The predicted molar refractivity (Wildman–Crippen MR) is 132 cm³/mol. The number of aromatic nitrogens is 2. The molecule has 2 aliphatic heterocycles. The predicted octanol–water partition coefficient (Wildman–Crippen LogP) is 0.646. The van der Waals surface area contributed by atoms with Gasteiger partial charge in [0, 0.05) is 17.3 Å². The highest BCUT2D eigenvalue weighted by molar-refractivity contribution is 6.04. The van der Waals surface area contributed by atoms with E-state index in [4.69, 9.17) is 14.3 Å². The molecule has 0 radical (unpaired) electrons. The van der Waals surface area contributed by atoms with Gasteiger partial charge in [-0.2, -0.15) is 4.98 Å². The number of hydrogen-bond donors (Lipinski definition) is 3. The van der Waals surface area contributed by atoms with Crippen LogP contribution < -0.4 is 15.7 Å². The van der Waals surface area contributed by atoms with Gasteiger partial charge in [0.2, 0.25) is 0 Å². The zero-order valence-corrected chi connectivity index (χ0v) is 20.4. The maximum Gasteiger partial charge on any atom is 0.351 e. The van der Waals surface area contributed by atoms with Gasteiger partial charge in [-0.1, -0.05) is 36.4 Å². The fourth-order valence-corrected chi connectivity index (χ4v) is 4.42. The highest BCUT2D eigenvalue weighted by Crippen LogP contribution is 2.43. The third-order valence-corrected chi connectivity index (χ3v) is 6.47. The molecule has 2 amide bonds. The zero-order chi connectivity index (χ0) is 26.9. The van der Waals surface area contributed by atoms with Gasteiger partial charge >= 0.3 is 5.69 Å². The normalized spacial score (nSPS) is 24.2. The van der Waals surface area contributed by atoms with Crippen molar-refractivity contribution in [1.82, 2.24) is 14.6 Å². The van der Waals surface area contributed by atoms with E-state index in [2.05, 4.69) is 10.3 Å². The molecule has 1 unspecified atom stereocenters. The maximum atomic E-state index is 13.0. The lowest BCUT2D eigenvalue weighted by atomic mass is 9.94. The Morgan fingerprint density at radius 2 is 1.84 bits per heavy atom. The second kappa shape index (κ2) is 10.3. The highest BCUT2D eigenvalue weighted by Gasteiger charge is 2.61. The van der Waals surface area contributed by atoms with E-state index < -0.39 is 48.1 Å². The van der Waals surface area contributed by atoms with Crippen molar-refractivity contribution in [2.24, 2.45) is 0 Å². The Morgan fingerprint density at radius 3 is 2.53 bits per heavy atom. The summed E-state index contributed by atoms with van der Waals surface area (Å²) in [4.78, 5) is 48.0. The molecule has 5 rings (SSSR count). The van der Waals surface area contributed by atoms with Gasteiger partial charge in [0.05, 0.1) is 13.2 Å². The molecule has 4 atom stereocenters. The maximum absolute atomic E-state index is 13.0. The molecule has 38 heavy (non-hydrogen) atoms. The number of rotatable bonds is 7. The first kappa shape index (κ1) is 25.5. The molecule has 0 spiro atoms. The van der Waals surface area contributed by atoms with E-state index in [1.807, 2.05) is 6.07 Å². The standard InChI is InChI=1S/C26H26N4O8/c1-16-12-29(25(35)28-22(16)27-23(34)17-8-4-2-5-9-17)24-20-21(33)26(15-31,37-24)14-30(38-20)19(32)13-36-18-10-6-3-7-11-18/h2-12,20-21,24,31,33H,13-15H2,1H3,(H,27,28,34,35)/t20-,21?,24+,26+/m0/s1. The van der Waals surface area contributed by atoms with E-state index in [-0.39, 0.29) is 19.0 Å². The van der Waals surface area contributed by atoms with E-state index >= 15 is 0 Å². The van der Waals surface area contributed by atoms with E-state index in [1.165, 1.54) is 6.20 Å². The molecule has 1 aromatic heterocycles. The molecule has 3 N–H and O–H groups in total. The summed E-state index contributed by atoms with van der Waals surface area (Å²) in [6.45, 7) is 0.358. The summed E-state index contributed by atoms with van der Waals surface area (Å²) in [5.41, 5.74) is -1.54. The van der Waals surface area contributed by atoms with Crippen molar-refractivity contribution < 1.29 is 34.1 Å². The van der Waals surface area contributed by atoms with Crippen LogP contribution in [0.25, 0.3) is 0 Å². The van der Waals surface area contributed by atoms with Crippen LogP contribution >= 0.6 is 0 Å². The fraction of sp³-hybridized carbons (Fsp3) is 0.308. The quantitative estimate of drug-likeness (QED) is 0.406. The number of fused-ring (bicyclic) bond motifs is 2. The number of amides is 2. The first-order valence-corrected chi connectivity index (χ1v) is 11.9. The molecule has 2 aliphatic rings. The average Bonchev–Trinajstić information content (AvgIpc) is 3.08. The molecular formula is C26H26N4O8. The lowest BCUT2D eigenvalue weighted by Gasteiger charge is -2.39. The molecule has 3 aromatic rings. The van der Waals surface area contributed by atoms with Crippen molar-refractivity contribution in [1.29, 1.82) is 0 Å². The molecule has 2 aromatic carbocycles. The van der Waals surface area contributed by atoms with E-state index in [0.29, 0.717) is 16.9 Å². The number of aryl methyl sites for hydroxylation is 1. The van der Waals surface area contributed by atoms with Crippen LogP contribution in [-0.2, 0) is 14.4 Å². The fourth-order valence-electron chi connectivity index (χ4n) is 4.42. The molecule has 0 saturated carbocycles. The minimum Gasteiger partial charge on any atom is -0.484 e. The number of nitrogens with one attached hydrogen (secondary N) is 1. The van der Waals surface area contributed by atoms with Gasteiger partial charge in [-0.15, -0.1) is 0 Å². The van der Waals surface area contributed by atoms with Crippen molar-refractivity contribution in [3.63, 3.8) is 0 Å². The highest BCUT2D eigenvalue weighted by atomic mass is 16.7. The van der Waals surface area contributed by atoms with Crippen molar-refractivity contribution >= 4 is 17.6 Å². The zero-order valence-electron chi connectivity index (χ0n) is 20.4. The third-order valence-electron chi connectivity index (χ3n) is 6.47. The van der Waals surface area contributed by atoms with Gasteiger partial charge in [-0.05, 0) is 31.2 Å². The number of aliphatic hydroxyl groups is 2. The van der Waals surface area contributed by atoms with Gasteiger partial charge < -0.3 is 25.0 Å². The number of ether oxygens (including phenoxy) is 2. The van der Waals surface area contributed by atoms with Gasteiger partial charge in [0.1, 0.15) is 23.3 Å². The largest absolute Gasteiger partial charge is 0.484 e. The molecule has 2 fully saturated rings. The molecule has 2 bridgehead atoms. The Morgan fingerprint density at radius 1 is 1.16 bits per heavy atom. The van der Waals surface area contributed by atoms with Crippen LogP contribution in [-0.4, -0.2) is 74.2 Å². The Bertz CT molecular complexity index is 1380. The molecule has 12 nitrogen and oxygen atoms in total. The van der Waals surface area contributed by atoms with Crippen molar-refractivity contribution in [3.8, 4) is 5.75 Å². The lowest BCUT2D eigenvalue weighted by Crippen LogP contribution is -2.61. The molecule has 3 heterocycles. The number of carbonyl (C=O) groups is 2. The smallest absolute Gasteiger partial charge is 0.351 e. The third kappa shape index (κ3) is 4.77. The van der Waals surface area contributed by atoms with Crippen LogP contribution in [0.1, 0.15) is 22.1 Å². The monoisotopic (exact) mass is 522 g/mol. The van der Waals surface area contributed by atoms with Crippen molar-refractivity contribution in [2.75, 3.05) is 25.1 Å². The van der Waals surface area contributed by atoms with Gasteiger partial charge in [-0.3, -0.25) is 19.0 Å². The summed E-state index contributed by atoms with van der Waals surface area (Å²) in [6.07, 6.45) is -2.35. The number of anilines is 1. The molecule has 2 saturated heterocycles. The number of para-hydroxylation sites is 1. The topological polar surface area (TPSA) is 152 Å². The van der Waals surface area contributed by atoms with E-state index in [1.54, 1.807) is 61.5 Å². The summed E-state index contributed by atoms with van der Waals surface area (Å²) in [6, 6.07) is 17.2. The van der Waals surface area contributed by atoms with Crippen LogP contribution in [0.15, 0.2) is 71.7 Å². The van der Waals surface area contributed by atoms with Gasteiger partial charge in [-0.25, -0.2) is 9.86 Å². The first-order chi connectivity index (χ1) is 18.3. The summed E-state index contributed by atoms with van der Waals surface area (Å²) >= 11 is 0. The Kier molecular flexibility index (Phi) is 6.95. The Hall–Kier alpha value is -4.10. The van der Waals surface area contributed by atoms with Crippen LogP contribution in [0.4, 0.5) is 5.82 Å². The second-order valence-corrected chi connectivity index (χ2v) is 9.06. The van der Waals surface area contributed by atoms with Crippen LogP contribution in [0.3, 0.4) is 0 Å². The number of nitrogens with zero attached hydrogens (tertiary/aromatic N) is 3. The van der Waals surface area contributed by atoms with Crippen LogP contribution in [0.2, 0.25) is 0 Å². The number of carbonyl (C=O) groups excluding carboxylic acids is 2. The summed E-state index contributed by atoms with van der Waals surface area (Å²) in [5, 5.41) is 24.6. The minimum absolute atomic E-state index is 0.0641. The Labute approximate surface area is 217 Å². The molecule has 12 heteroatoms. The summed E-state index contributed by atoms with van der Waals surface area (Å²) in [7, 11) is 0. The minimum atomic E-state index is -1.59. The van der Waals surface area contributed by atoms with Crippen LogP contribution in [0.5, 0.6) is 5.75 Å². The number of hydroxylamine groups is 2. The van der Waals surface area contributed by atoms with E-state index in [0.717, 1.165) is 9.63 Å². The Balaban J connectivity index is 1.35. The number of hydrogen-bond acceptors (Lipinski definition) is 9. The van der Waals surface area contributed by atoms with Crippen molar-refractivity contribution in [2.45, 2.75) is 31.0 Å². The lowest BCUT2D eigenvalue weighted by molar-refractivity contribution is -0.260. The molecular weight excluding hydrogens is 496 g/mol. The SMILES string of the molecule is Cc1cn([C@@H]2O[C@@]3(CO)CN(C(=O)COc4ccccc4)O[C@H]2C3O)c(=O)nc1NC(=O)c1ccccc1. The second-order valence-electron chi connectivity index (χ2n) is 9.06. The van der Waals surface area contributed by atoms with Gasteiger partial charge in [0.25, 0.3) is 11.8 Å². The first-order valence-electron chi connectivity index (χ1n) is 11.9. The van der Waals surface area contributed by atoms with Crippen molar-refractivity contribution in [3.05, 3.63) is 88.5 Å². The summed E-state index contributed by atoms with van der Waals surface area (Å²) < 4.78 is 12.6. The molecule has 0 aliphatic carbocycles. The summed E-state index contributed by atoms with van der Waals surface area (Å²) in [5.74, 6) is -0.446. The number of aliphatic hydroxyl groups excluding tert-OH is 2.